The number of hydrazine groups is 1. The molecule has 1 aromatic rings. The molecule has 7 heteroatoms. The summed E-state index contributed by atoms with van der Waals surface area (Å²) in [5.41, 5.74) is 2.04. The van der Waals surface area contributed by atoms with Crippen molar-refractivity contribution in [2.45, 2.75) is 12.8 Å². The molecule has 1 amide bonds. The minimum atomic E-state index is -0.744. The summed E-state index contributed by atoms with van der Waals surface area (Å²) in [6.45, 7) is 2.02. The van der Waals surface area contributed by atoms with Gasteiger partial charge in [-0.15, -0.1) is 0 Å². The van der Waals surface area contributed by atoms with Gasteiger partial charge in [0, 0.05) is 26.0 Å². The number of hydrogen-bond acceptors (Lipinski definition) is 5. The Morgan fingerprint density at radius 2 is 2.47 bits per heavy atom. The van der Waals surface area contributed by atoms with Crippen LogP contribution >= 0.6 is 0 Å². The van der Waals surface area contributed by atoms with Crippen LogP contribution in [-0.2, 0) is 4.74 Å². The van der Waals surface area contributed by atoms with Crippen LogP contribution in [0.25, 0.3) is 0 Å². The second kappa shape index (κ2) is 6.44. The van der Waals surface area contributed by atoms with Gasteiger partial charge in [-0.1, -0.05) is 0 Å². The number of nitrogens with zero attached hydrogens (tertiary/aromatic N) is 1. The molecule has 104 valence electrons. The lowest BCUT2D eigenvalue weighted by Crippen LogP contribution is -2.27. The molecule has 1 aliphatic heterocycles. The van der Waals surface area contributed by atoms with E-state index >= 15 is 0 Å². The van der Waals surface area contributed by atoms with E-state index in [1.807, 2.05) is 0 Å². The second-order valence-electron chi connectivity index (χ2n) is 4.44. The van der Waals surface area contributed by atoms with Crippen molar-refractivity contribution in [2.75, 3.05) is 25.2 Å². The number of pyridine rings is 1. The molecule has 4 N–H and O–H groups in total. The molecule has 6 nitrogen and oxygen atoms in total. The van der Waals surface area contributed by atoms with Crippen LogP contribution in [0.5, 0.6) is 0 Å². The standard InChI is InChI=1S/C12H17FN4O2/c13-10-9(2-5-15-11(10)17-14)12(18)16-4-1-8-3-6-19-7-8/h2,5,8H,1,3-4,6-7,14H2,(H,15,17)(H,16,18). The summed E-state index contributed by atoms with van der Waals surface area (Å²) in [6.07, 6.45) is 3.18. The lowest BCUT2D eigenvalue weighted by atomic mass is 10.1. The molecular formula is C12H17FN4O2. The fourth-order valence-corrected chi connectivity index (χ4v) is 2.02. The third kappa shape index (κ3) is 3.39. The quantitative estimate of drug-likeness (QED) is 0.539. The Kier molecular flexibility index (Phi) is 4.64. The fourth-order valence-electron chi connectivity index (χ4n) is 2.02. The number of halogens is 1. The smallest absolute Gasteiger partial charge is 0.254 e. The van der Waals surface area contributed by atoms with E-state index < -0.39 is 11.7 Å². The molecule has 0 aromatic carbocycles. The van der Waals surface area contributed by atoms with E-state index in [9.17, 15) is 9.18 Å². The van der Waals surface area contributed by atoms with Gasteiger partial charge in [0.1, 0.15) is 0 Å². The Morgan fingerprint density at radius 1 is 1.63 bits per heavy atom. The van der Waals surface area contributed by atoms with E-state index in [1.54, 1.807) is 0 Å². The zero-order valence-electron chi connectivity index (χ0n) is 10.5. The number of amides is 1. The molecule has 2 heterocycles. The average Bonchev–Trinajstić information content (AvgIpc) is 2.92. The highest BCUT2D eigenvalue weighted by atomic mass is 19.1. The number of hydrogen-bond donors (Lipinski definition) is 3. The third-order valence-corrected chi connectivity index (χ3v) is 3.13. The van der Waals surface area contributed by atoms with Crippen molar-refractivity contribution in [3.63, 3.8) is 0 Å². The predicted octanol–water partition coefficient (Wildman–Crippen LogP) is 0.663. The molecule has 1 fully saturated rings. The monoisotopic (exact) mass is 268 g/mol. The molecule has 0 spiro atoms. The molecule has 0 aliphatic carbocycles. The van der Waals surface area contributed by atoms with Crippen LogP contribution in [0.2, 0.25) is 0 Å². The molecule has 0 bridgehead atoms. The summed E-state index contributed by atoms with van der Waals surface area (Å²) < 4.78 is 19.0. The third-order valence-electron chi connectivity index (χ3n) is 3.13. The molecule has 1 aliphatic rings. The predicted molar refractivity (Wildman–Crippen MR) is 67.9 cm³/mol. The Bertz CT molecular complexity index is 449. The Balaban J connectivity index is 1.88. The van der Waals surface area contributed by atoms with Gasteiger partial charge in [0.25, 0.3) is 5.91 Å². The zero-order chi connectivity index (χ0) is 13.7. The van der Waals surface area contributed by atoms with Gasteiger partial charge in [0.15, 0.2) is 11.6 Å². The first-order valence-electron chi connectivity index (χ1n) is 6.19. The van der Waals surface area contributed by atoms with Crippen molar-refractivity contribution in [1.29, 1.82) is 0 Å². The van der Waals surface area contributed by atoms with Crippen molar-refractivity contribution < 1.29 is 13.9 Å². The largest absolute Gasteiger partial charge is 0.381 e. The summed E-state index contributed by atoms with van der Waals surface area (Å²) in [4.78, 5) is 15.5. The molecule has 19 heavy (non-hydrogen) atoms. The van der Waals surface area contributed by atoms with Gasteiger partial charge in [0.05, 0.1) is 5.56 Å². The maximum Gasteiger partial charge on any atom is 0.254 e. The molecule has 1 saturated heterocycles. The number of rotatable bonds is 5. The first-order chi connectivity index (χ1) is 9.22. The van der Waals surface area contributed by atoms with Crippen LogP contribution in [0, 0.1) is 11.7 Å². The van der Waals surface area contributed by atoms with Crippen molar-refractivity contribution in [3.05, 3.63) is 23.6 Å². The Hall–Kier alpha value is -1.73. The first kappa shape index (κ1) is 13.7. The highest BCUT2D eigenvalue weighted by Gasteiger charge is 2.18. The van der Waals surface area contributed by atoms with Crippen LogP contribution in [0.15, 0.2) is 12.3 Å². The van der Waals surface area contributed by atoms with Gasteiger partial charge in [-0.25, -0.2) is 15.2 Å². The van der Waals surface area contributed by atoms with Crippen LogP contribution < -0.4 is 16.6 Å². The summed E-state index contributed by atoms with van der Waals surface area (Å²) in [6, 6.07) is 1.32. The maximum absolute atomic E-state index is 13.8. The fraction of sp³-hybridized carbons (Fsp3) is 0.500. The normalized spacial score (nSPS) is 18.3. The molecule has 1 unspecified atom stereocenters. The molecular weight excluding hydrogens is 251 g/mol. The van der Waals surface area contributed by atoms with Gasteiger partial charge >= 0.3 is 0 Å². The van der Waals surface area contributed by atoms with Crippen molar-refractivity contribution in [2.24, 2.45) is 11.8 Å². The minimum absolute atomic E-state index is 0.0642. The van der Waals surface area contributed by atoms with E-state index in [4.69, 9.17) is 10.6 Å². The SMILES string of the molecule is NNc1nccc(C(=O)NCCC2CCOC2)c1F. The number of nitrogens with one attached hydrogen (secondary N) is 2. The lowest BCUT2D eigenvalue weighted by Gasteiger charge is -2.10. The number of nitrogens with two attached hydrogens (primary N) is 1. The van der Waals surface area contributed by atoms with E-state index in [-0.39, 0.29) is 11.4 Å². The van der Waals surface area contributed by atoms with Crippen LogP contribution in [0.3, 0.4) is 0 Å². The highest BCUT2D eigenvalue weighted by molar-refractivity contribution is 5.95. The lowest BCUT2D eigenvalue weighted by molar-refractivity contribution is 0.0946. The molecule has 0 saturated carbocycles. The minimum Gasteiger partial charge on any atom is -0.381 e. The number of carbonyl (C=O) groups excluding carboxylic acids is 1. The van der Waals surface area contributed by atoms with E-state index in [1.165, 1.54) is 12.3 Å². The van der Waals surface area contributed by atoms with Crippen LogP contribution in [-0.4, -0.2) is 30.6 Å². The van der Waals surface area contributed by atoms with Crippen molar-refractivity contribution >= 4 is 11.7 Å². The Labute approximate surface area is 110 Å². The van der Waals surface area contributed by atoms with E-state index in [0.717, 1.165) is 26.1 Å². The van der Waals surface area contributed by atoms with Crippen molar-refractivity contribution in [3.8, 4) is 0 Å². The van der Waals surface area contributed by atoms with Gasteiger partial charge in [-0.05, 0) is 24.8 Å². The van der Waals surface area contributed by atoms with Crippen LogP contribution in [0.1, 0.15) is 23.2 Å². The zero-order valence-corrected chi connectivity index (χ0v) is 10.5. The topological polar surface area (TPSA) is 89.3 Å². The van der Waals surface area contributed by atoms with E-state index in [2.05, 4.69) is 15.7 Å². The molecule has 1 atom stereocenters. The van der Waals surface area contributed by atoms with Gasteiger partial charge in [0.2, 0.25) is 0 Å². The van der Waals surface area contributed by atoms with Gasteiger partial charge in [-0.3, -0.25) is 4.79 Å². The molecule has 0 radical (unpaired) electrons. The first-order valence-corrected chi connectivity index (χ1v) is 6.19. The summed E-state index contributed by atoms with van der Waals surface area (Å²) in [5.74, 6) is 4.23. The average molecular weight is 268 g/mol. The summed E-state index contributed by atoms with van der Waals surface area (Å²) >= 11 is 0. The highest BCUT2D eigenvalue weighted by Crippen LogP contribution is 2.16. The molecule has 2 rings (SSSR count). The van der Waals surface area contributed by atoms with Crippen LogP contribution in [0.4, 0.5) is 10.2 Å². The van der Waals surface area contributed by atoms with Gasteiger partial charge in [-0.2, -0.15) is 0 Å². The molecule has 1 aromatic heterocycles. The van der Waals surface area contributed by atoms with Crippen molar-refractivity contribution in [1.82, 2.24) is 10.3 Å². The number of anilines is 1. The summed E-state index contributed by atoms with van der Waals surface area (Å²) in [5, 5.41) is 2.69. The number of ether oxygens (including phenoxy) is 1. The Morgan fingerprint density at radius 3 is 3.16 bits per heavy atom. The maximum atomic E-state index is 13.8. The number of nitrogen functional groups attached to an aromatic ring is 1. The van der Waals surface area contributed by atoms with Gasteiger partial charge < -0.3 is 15.5 Å². The number of aromatic nitrogens is 1. The second-order valence-corrected chi connectivity index (χ2v) is 4.44. The summed E-state index contributed by atoms with van der Waals surface area (Å²) in [7, 11) is 0. The van der Waals surface area contributed by atoms with E-state index in [0.29, 0.717) is 12.5 Å². The number of carbonyl (C=O) groups is 1.